The molecule has 0 aromatic rings. The summed E-state index contributed by atoms with van der Waals surface area (Å²) in [5.41, 5.74) is -0.615. The van der Waals surface area contributed by atoms with Crippen molar-refractivity contribution in [2.24, 2.45) is 5.41 Å². The average Bonchev–Trinajstić information content (AvgIpc) is 2.40. The Hall–Kier alpha value is -0.0900. The van der Waals surface area contributed by atoms with E-state index in [0.717, 1.165) is 6.26 Å². The Morgan fingerprint density at radius 2 is 2.20 bits per heavy atom. The van der Waals surface area contributed by atoms with Crippen molar-refractivity contribution in [2.75, 3.05) is 12.8 Å². The lowest BCUT2D eigenvalue weighted by atomic mass is 10.2. The van der Waals surface area contributed by atoms with Gasteiger partial charge in [0.1, 0.15) is 0 Å². The van der Waals surface area contributed by atoms with Gasteiger partial charge in [-0.25, -0.2) is 0 Å². The molecule has 0 saturated heterocycles. The third kappa shape index (κ3) is 2.66. The molecule has 0 atom stereocenters. The molecule has 60 valence electrons. The lowest BCUT2D eigenvalue weighted by Gasteiger charge is -2.05. The van der Waals surface area contributed by atoms with E-state index in [4.69, 9.17) is 2.74 Å². The molecule has 1 saturated carbocycles. The van der Waals surface area contributed by atoms with Gasteiger partial charge in [0.25, 0.3) is 10.1 Å². The van der Waals surface area contributed by atoms with E-state index in [2.05, 4.69) is 4.18 Å². The lowest BCUT2D eigenvalue weighted by Crippen LogP contribution is -2.11. The van der Waals surface area contributed by atoms with Crippen LogP contribution in [0.3, 0.4) is 0 Å². The molecule has 1 fully saturated rings. The van der Waals surface area contributed by atoms with Crippen molar-refractivity contribution in [3.05, 3.63) is 0 Å². The fourth-order valence-electron chi connectivity index (χ4n) is 0.466. The summed E-state index contributed by atoms with van der Waals surface area (Å²) in [4.78, 5) is 0. The van der Waals surface area contributed by atoms with Gasteiger partial charge in [0, 0.05) is 0 Å². The van der Waals surface area contributed by atoms with Gasteiger partial charge in [-0.3, -0.25) is 4.18 Å². The van der Waals surface area contributed by atoms with E-state index in [9.17, 15) is 8.42 Å². The first kappa shape index (κ1) is 5.55. The van der Waals surface area contributed by atoms with Crippen molar-refractivity contribution in [1.82, 2.24) is 0 Å². The highest BCUT2D eigenvalue weighted by molar-refractivity contribution is 7.85. The Kier molecular flexibility index (Phi) is 1.22. The summed E-state index contributed by atoms with van der Waals surface area (Å²) >= 11 is 0. The summed E-state index contributed by atoms with van der Waals surface area (Å²) in [6, 6.07) is 0. The van der Waals surface area contributed by atoms with E-state index in [-0.39, 0.29) is 0 Å². The summed E-state index contributed by atoms with van der Waals surface area (Å²) in [7, 11) is -3.70. The van der Waals surface area contributed by atoms with Gasteiger partial charge >= 0.3 is 0 Å². The van der Waals surface area contributed by atoms with Crippen LogP contribution in [-0.2, 0) is 14.3 Å². The van der Waals surface area contributed by atoms with E-state index in [1.54, 1.807) is 6.92 Å². The van der Waals surface area contributed by atoms with Crippen LogP contribution in [0.4, 0.5) is 0 Å². The number of hydrogen-bond donors (Lipinski definition) is 0. The molecule has 0 N–H and O–H groups in total. The fourth-order valence-corrected chi connectivity index (χ4v) is 0.818. The van der Waals surface area contributed by atoms with E-state index < -0.39 is 22.1 Å². The van der Waals surface area contributed by atoms with Crippen molar-refractivity contribution in [2.45, 2.75) is 19.8 Å². The molecule has 3 nitrogen and oxygen atoms in total. The third-order valence-electron chi connectivity index (χ3n) is 1.44. The van der Waals surface area contributed by atoms with Crippen LogP contribution in [0, 0.1) is 5.41 Å². The third-order valence-corrected chi connectivity index (χ3v) is 1.83. The van der Waals surface area contributed by atoms with E-state index in [1.165, 1.54) is 0 Å². The molecule has 0 spiro atoms. The standard InChI is InChI=1S/C6H12O3S/c1-6(3-4-6)5-9-10(2,7)8/h3-5H2,1-2H3/i5D2. The second-order valence-corrected chi connectivity index (χ2v) is 4.53. The summed E-state index contributed by atoms with van der Waals surface area (Å²) in [5, 5.41) is 0. The highest BCUT2D eigenvalue weighted by Gasteiger charge is 2.38. The molecule has 1 aliphatic rings. The minimum absolute atomic E-state index is 0.615. The van der Waals surface area contributed by atoms with Gasteiger partial charge in [-0.05, 0) is 18.3 Å². The Balaban J connectivity index is 2.74. The average molecular weight is 166 g/mol. The molecule has 0 aromatic heterocycles. The molecule has 0 radical (unpaired) electrons. The lowest BCUT2D eigenvalue weighted by molar-refractivity contribution is 0.255. The van der Waals surface area contributed by atoms with E-state index in [1.807, 2.05) is 0 Å². The van der Waals surface area contributed by atoms with Crippen molar-refractivity contribution >= 4 is 10.1 Å². The predicted octanol–water partition coefficient (Wildman–Crippen LogP) is 0.763. The van der Waals surface area contributed by atoms with Crippen LogP contribution in [0.15, 0.2) is 0 Å². The summed E-state index contributed by atoms with van der Waals surface area (Å²) < 4.78 is 40.4. The smallest absolute Gasteiger partial charge is 0.264 e. The highest BCUT2D eigenvalue weighted by atomic mass is 32.2. The van der Waals surface area contributed by atoms with Crippen LogP contribution in [0.5, 0.6) is 0 Å². The molecule has 0 bridgehead atoms. The van der Waals surface area contributed by atoms with Crippen molar-refractivity contribution in [3.8, 4) is 0 Å². The van der Waals surface area contributed by atoms with Gasteiger partial charge in [-0.2, -0.15) is 8.42 Å². The summed E-state index contributed by atoms with van der Waals surface area (Å²) in [6.45, 7) is -0.376. The van der Waals surface area contributed by atoms with Crippen molar-refractivity contribution in [1.29, 1.82) is 0 Å². The summed E-state index contributed by atoms with van der Waals surface area (Å²) in [6.07, 6.45) is 2.21. The SMILES string of the molecule is [2H]C([2H])(OS(C)(=O)=O)C1(C)CC1. The Labute approximate surface area is 64.3 Å². The van der Waals surface area contributed by atoms with E-state index in [0.29, 0.717) is 12.8 Å². The molecule has 1 rings (SSSR count). The van der Waals surface area contributed by atoms with E-state index >= 15 is 0 Å². The molecule has 4 heteroatoms. The first-order valence-corrected chi connectivity index (χ1v) is 4.89. The van der Waals surface area contributed by atoms with Crippen LogP contribution < -0.4 is 0 Å². The zero-order valence-corrected chi connectivity index (χ0v) is 6.86. The minimum Gasteiger partial charge on any atom is -0.270 e. The normalized spacial score (nSPS) is 27.0. The van der Waals surface area contributed by atoms with Crippen LogP contribution in [0.1, 0.15) is 22.5 Å². The molecule has 10 heavy (non-hydrogen) atoms. The fraction of sp³-hybridized carbons (Fsp3) is 1.00. The highest BCUT2D eigenvalue weighted by Crippen LogP contribution is 2.45. The molecule has 1 aliphatic carbocycles. The molecule has 0 aliphatic heterocycles. The second kappa shape index (κ2) is 2.20. The zero-order valence-electron chi connectivity index (χ0n) is 8.05. The van der Waals surface area contributed by atoms with Crippen molar-refractivity contribution < 1.29 is 15.3 Å². The Morgan fingerprint density at radius 1 is 1.70 bits per heavy atom. The molecule has 0 unspecified atom stereocenters. The molecular formula is C6H12O3S. The quantitative estimate of drug-likeness (QED) is 0.581. The molecule has 0 amide bonds. The second-order valence-electron chi connectivity index (χ2n) is 2.95. The zero-order chi connectivity index (χ0) is 9.62. The van der Waals surface area contributed by atoms with Gasteiger partial charge in [0.2, 0.25) is 0 Å². The van der Waals surface area contributed by atoms with Crippen LogP contribution >= 0.6 is 0 Å². The van der Waals surface area contributed by atoms with Crippen LogP contribution in [0.2, 0.25) is 0 Å². The van der Waals surface area contributed by atoms with Gasteiger partial charge in [-0.15, -0.1) is 0 Å². The number of hydrogen-bond acceptors (Lipinski definition) is 3. The van der Waals surface area contributed by atoms with Crippen molar-refractivity contribution in [3.63, 3.8) is 0 Å². The van der Waals surface area contributed by atoms with Gasteiger partial charge < -0.3 is 0 Å². The summed E-state index contributed by atoms with van der Waals surface area (Å²) in [5.74, 6) is 0. The minimum atomic E-state index is -3.70. The van der Waals surface area contributed by atoms with Crippen LogP contribution in [-0.4, -0.2) is 21.2 Å². The largest absolute Gasteiger partial charge is 0.270 e. The number of rotatable bonds is 3. The maximum Gasteiger partial charge on any atom is 0.264 e. The first-order valence-electron chi connectivity index (χ1n) is 4.07. The molecular weight excluding hydrogens is 152 g/mol. The van der Waals surface area contributed by atoms with Gasteiger partial charge in [0.05, 0.1) is 15.6 Å². The maximum absolute atomic E-state index is 10.7. The Bertz CT molecular complexity index is 279. The van der Waals surface area contributed by atoms with Gasteiger partial charge in [0.15, 0.2) is 0 Å². The van der Waals surface area contributed by atoms with Gasteiger partial charge in [-0.1, -0.05) is 6.92 Å². The predicted molar refractivity (Wildman–Crippen MR) is 38.1 cm³/mol. The Morgan fingerprint density at radius 3 is 2.50 bits per heavy atom. The maximum atomic E-state index is 10.7. The first-order chi connectivity index (χ1) is 5.16. The topological polar surface area (TPSA) is 43.4 Å². The monoisotopic (exact) mass is 166 g/mol. The molecule has 0 heterocycles. The molecule has 0 aromatic carbocycles. The van der Waals surface area contributed by atoms with Crippen LogP contribution in [0.25, 0.3) is 0 Å².